The largest absolute Gasteiger partial charge is 0.460 e. The van der Waals surface area contributed by atoms with E-state index in [1.807, 2.05) is 11.1 Å². The van der Waals surface area contributed by atoms with Crippen molar-refractivity contribution in [1.29, 1.82) is 0 Å². The molecule has 2 amide bonds. The Morgan fingerprint density at radius 1 is 1.25 bits per heavy atom. The summed E-state index contributed by atoms with van der Waals surface area (Å²) in [6, 6.07) is 2.12. The van der Waals surface area contributed by atoms with Gasteiger partial charge in [0.1, 0.15) is 6.10 Å². The summed E-state index contributed by atoms with van der Waals surface area (Å²) in [6.45, 7) is 2.71. The molecule has 3 heterocycles. The summed E-state index contributed by atoms with van der Waals surface area (Å²) in [5.41, 5.74) is 0. The maximum atomic E-state index is 12.1. The Morgan fingerprint density at radius 2 is 2.04 bits per heavy atom. The second kappa shape index (κ2) is 8.23. The highest BCUT2D eigenvalue weighted by molar-refractivity contribution is 5.74. The van der Waals surface area contributed by atoms with Crippen LogP contribution in [0.3, 0.4) is 0 Å². The minimum atomic E-state index is -0.0250. The third-order valence-electron chi connectivity index (χ3n) is 3.86. The van der Waals surface area contributed by atoms with Gasteiger partial charge in [0, 0.05) is 57.6 Å². The van der Waals surface area contributed by atoms with Gasteiger partial charge in [-0.1, -0.05) is 5.21 Å². The first-order chi connectivity index (χ1) is 11.8. The number of ether oxygens (including phenoxy) is 1. The zero-order chi connectivity index (χ0) is 16.6. The molecule has 0 aromatic carbocycles. The third-order valence-corrected chi connectivity index (χ3v) is 3.86. The molecule has 3 rings (SSSR count). The summed E-state index contributed by atoms with van der Waals surface area (Å²) in [7, 11) is 0. The predicted octanol–water partition coefficient (Wildman–Crippen LogP) is 0.711. The predicted molar refractivity (Wildman–Crippen MR) is 85.3 cm³/mol. The molecule has 1 saturated heterocycles. The van der Waals surface area contributed by atoms with E-state index in [0.717, 1.165) is 25.8 Å². The zero-order valence-electron chi connectivity index (χ0n) is 13.4. The molecule has 0 unspecified atom stereocenters. The van der Waals surface area contributed by atoms with Crippen molar-refractivity contribution in [3.8, 4) is 6.01 Å². The van der Waals surface area contributed by atoms with Gasteiger partial charge in [-0.15, -0.1) is 5.10 Å². The van der Waals surface area contributed by atoms with E-state index < -0.39 is 0 Å². The molecule has 128 valence electrons. The maximum Gasteiger partial charge on any atom is 0.317 e. The number of aromatic nitrogens is 5. The summed E-state index contributed by atoms with van der Waals surface area (Å²) in [5, 5.41) is 10.6. The lowest BCUT2D eigenvalue weighted by molar-refractivity contribution is 0.103. The summed E-state index contributed by atoms with van der Waals surface area (Å²) in [5.74, 6) is 0. The Morgan fingerprint density at radius 3 is 2.75 bits per heavy atom. The minimum Gasteiger partial charge on any atom is -0.460 e. The van der Waals surface area contributed by atoms with Gasteiger partial charge in [0.05, 0.1) is 6.20 Å². The van der Waals surface area contributed by atoms with Crippen LogP contribution in [0, 0.1) is 0 Å². The number of piperidine rings is 1. The number of carbonyl (C=O) groups is 1. The number of nitrogens with one attached hydrogen (secondary N) is 1. The molecule has 0 radical (unpaired) electrons. The van der Waals surface area contributed by atoms with Gasteiger partial charge < -0.3 is 15.0 Å². The van der Waals surface area contributed by atoms with Crippen molar-refractivity contribution in [3.05, 3.63) is 30.9 Å². The van der Waals surface area contributed by atoms with Gasteiger partial charge in [-0.05, 0) is 12.5 Å². The van der Waals surface area contributed by atoms with Crippen LogP contribution in [-0.4, -0.2) is 61.6 Å². The van der Waals surface area contributed by atoms with Gasteiger partial charge >= 0.3 is 12.0 Å². The van der Waals surface area contributed by atoms with Crippen LogP contribution in [0.4, 0.5) is 4.79 Å². The van der Waals surface area contributed by atoms with E-state index in [2.05, 4.69) is 25.6 Å². The van der Waals surface area contributed by atoms with Crippen LogP contribution in [-0.2, 0) is 6.54 Å². The van der Waals surface area contributed by atoms with Gasteiger partial charge in [-0.3, -0.25) is 4.68 Å². The smallest absolute Gasteiger partial charge is 0.317 e. The van der Waals surface area contributed by atoms with Crippen molar-refractivity contribution in [1.82, 2.24) is 35.2 Å². The normalized spacial score (nSPS) is 15.2. The first-order valence-electron chi connectivity index (χ1n) is 8.12. The molecule has 9 nitrogen and oxygen atoms in total. The van der Waals surface area contributed by atoms with Crippen LogP contribution >= 0.6 is 0 Å². The summed E-state index contributed by atoms with van der Waals surface area (Å²) in [4.78, 5) is 22.1. The lowest BCUT2D eigenvalue weighted by atomic mass is 10.1. The Bertz CT molecular complexity index is 612. The summed E-state index contributed by atoms with van der Waals surface area (Å²) < 4.78 is 7.48. The molecule has 2 aromatic heterocycles. The van der Waals surface area contributed by atoms with E-state index in [-0.39, 0.29) is 12.1 Å². The minimum absolute atomic E-state index is 0.0250. The Balaban J connectivity index is 1.33. The Labute approximate surface area is 140 Å². The highest BCUT2D eigenvalue weighted by Crippen LogP contribution is 2.15. The molecule has 2 aromatic rings. The number of carbonyl (C=O) groups excluding carboxylic acids is 1. The van der Waals surface area contributed by atoms with Crippen LogP contribution in [0.2, 0.25) is 0 Å². The van der Waals surface area contributed by atoms with Crippen molar-refractivity contribution in [2.24, 2.45) is 0 Å². The quantitative estimate of drug-likeness (QED) is 0.783. The fraction of sp³-hybridized carbons (Fsp3) is 0.533. The first kappa shape index (κ1) is 16.2. The van der Waals surface area contributed by atoms with Crippen molar-refractivity contribution >= 4 is 6.03 Å². The molecule has 0 spiro atoms. The molecular formula is C15H21N7O2. The van der Waals surface area contributed by atoms with Crippen molar-refractivity contribution in [2.75, 3.05) is 19.6 Å². The number of urea groups is 1. The van der Waals surface area contributed by atoms with Crippen LogP contribution in [0.1, 0.15) is 19.3 Å². The van der Waals surface area contributed by atoms with Crippen molar-refractivity contribution in [3.63, 3.8) is 0 Å². The van der Waals surface area contributed by atoms with Gasteiger partial charge in [-0.2, -0.15) is 0 Å². The molecule has 24 heavy (non-hydrogen) atoms. The van der Waals surface area contributed by atoms with Crippen LogP contribution in [0.5, 0.6) is 6.01 Å². The first-order valence-corrected chi connectivity index (χ1v) is 8.12. The van der Waals surface area contributed by atoms with Gasteiger partial charge in [-0.25, -0.2) is 14.8 Å². The Hall–Kier alpha value is -2.71. The SMILES string of the molecule is O=C(NCCCn1ccnn1)N1CCC(Oc2ncccn2)CC1. The molecule has 0 atom stereocenters. The molecule has 0 aliphatic carbocycles. The summed E-state index contributed by atoms with van der Waals surface area (Å²) in [6.07, 6.45) is 9.21. The number of likely N-dealkylation sites (tertiary alicyclic amines) is 1. The van der Waals surface area contributed by atoms with Crippen LogP contribution in [0.15, 0.2) is 30.9 Å². The van der Waals surface area contributed by atoms with Crippen molar-refractivity contribution < 1.29 is 9.53 Å². The molecule has 1 aliphatic heterocycles. The van der Waals surface area contributed by atoms with E-state index in [1.165, 1.54) is 0 Å². The molecule has 1 aliphatic rings. The molecule has 0 bridgehead atoms. The fourth-order valence-corrected chi connectivity index (χ4v) is 2.57. The fourth-order valence-electron chi connectivity index (χ4n) is 2.57. The van der Waals surface area contributed by atoms with E-state index in [9.17, 15) is 4.79 Å². The second-order valence-corrected chi connectivity index (χ2v) is 5.59. The van der Waals surface area contributed by atoms with E-state index in [4.69, 9.17) is 4.74 Å². The second-order valence-electron chi connectivity index (χ2n) is 5.59. The number of hydrogen-bond acceptors (Lipinski definition) is 6. The molecule has 0 saturated carbocycles. The van der Waals surface area contributed by atoms with Crippen LogP contribution < -0.4 is 10.1 Å². The van der Waals surface area contributed by atoms with E-state index in [0.29, 0.717) is 25.6 Å². The lowest BCUT2D eigenvalue weighted by Gasteiger charge is -2.31. The average molecular weight is 331 g/mol. The number of nitrogens with zero attached hydrogens (tertiary/aromatic N) is 6. The number of aryl methyl sites for hydroxylation is 1. The van der Waals surface area contributed by atoms with Gasteiger partial charge in [0.25, 0.3) is 0 Å². The number of amides is 2. The molecule has 1 fully saturated rings. The van der Waals surface area contributed by atoms with E-state index in [1.54, 1.807) is 29.3 Å². The highest BCUT2D eigenvalue weighted by atomic mass is 16.5. The Kier molecular flexibility index (Phi) is 5.54. The molecule has 9 heteroatoms. The lowest BCUT2D eigenvalue weighted by Crippen LogP contribution is -2.46. The van der Waals surface area contributed by atoms with Crippen LogP contribution in [0.25, 0.3) is 0 Å². The molecular weight excluding hydrogens is 310 g/mol. The zero-order valence-corrected chi connectivity index (χ0v) is 13.4. The van der Waals surface area contributed by atoms with Gasteiger partial charge in [0.15, 0.2) is 0 Å². The topological polar surface area (TPSA) is 98.1 Å². The van der Waals surface area contributed by atoms with E-state index >= 15 is 0 Å². The molecule has 1 N–H and O–H groups in total. The average Bonchev–Trinajstić information content (AvgIpc) is 3.13. The monoisotopic (exact) mass is 331 g/mol. The summed E-state index contributed by atoms with van der Waals surface area (Å²) >= 11 is 0. The maximum absolute atomic E-state index is 12.1. The number of rotatable bonds is 6. The standard InChI is InChI=1S/C15H21N7O2/c23-15(18-7-2-9-22-12-8-19-20-22)21-10-3-13(4-11-21)24-14-16-5-1-6-17-14/h1,5-6,8,12-13H,2-4,7,9-11H2,(H,18,23). The van der Waals surface area contributed by atoms with Crippen molar-refractivity contribution in [2.45, 2.75) is 31.9 Å². The third kappa shape index (κ3) is 4.64. The van der Waals surface area contributed by atoms with Gasteiger partial charge in [0.2, 0.25) is 0 Å². The highest BCUT2D eigenvalue weighted by Gasteiger charge is 2.24. The number of hydrogen-bond donors (Lipinski definition) is 1.